The monoisotopic (exact) mass is 413 g/mol. The molecule has 1 aromatic heterocycles. The number of hydrogen-bond donors (Lipinski definition) is 5. The number of carbonyl (C=O) groups is 1. The molecule has 10 nitrogen and oxygen atoms in total. The van der Waals surface area contributed by atoms with Crippen molar-refractivity contribution in [1.82, 2.24) is 15.3 Å². The fourth-order valence-corrected chi connectivity index (χ4v) is 2.67. The lowest BCUT2D eigenvalue weighted by Gasteiger charge is -2.18. The van der Waals surface area contributed by atoms with E-state index in [0.29, 0.717) is 0 Å². The van der Waals surface area contributed by atoms with Crippen molar-refractivity contribution in [2.75, 3.05) is 19.3 Å². The Labute approximate surface area is 171 Å². The molecule has 0 fully saturated rings. The number of allylic oxidation sites excluding steroid dienone is 1. The van der Waals surface area contributed by atoms with Gasteiger partial charge in [-0.05, 0) is 32.2 Å². The van der Waals surface area contributed by atoms with Gasteiger partial charge in [0.25, 0.3) is 5.88 Å². The average molecular weight is 413 g/mol. The molecule has 1 atom stereocenters. The van der Waals surface area contributed by atoms with Crippen molar-refractivity contribution < 1.29 is 19.0 Å². The van der Waals surface area contributed by atoms with Crippen LogP contribution in [-0.4, -0.2) is 40.3 Å². The number of nitrogens with two attached hydrogens (primary N) is 2. The van der Waals surface area contributed by atoms with Crippen LogP contribution in [0, 0.1) is 22.6 Å². The van der Waals surface area contributed by atoms with Crippen molar-refractivity contribution in [2.24, 2.45) is 5.73 Å². The molecule has 30 heavy (non-hydrogen) atoms. The fraction of sp³-hybridized carbons (Fsp3) is 0.211. The minimum Gasteiger partial charge on any atom is -0.478 e. The first-order valence-corrected chi connectivity index (χ1v) is 8.64. The van der Waals surface area contributed by atoms with Crippen LogP contribution in [0.15, 0.2) is 30.1 Å². The first-order valence-electron chi connectivity index (χ1n) is 8.64. The Morgan fingerprint density at radius 2 is 2.20 bits per heavy atom. The number of nitrogens with zero attached hydrogens (tertiary/aromatic N) is 3. The SMILES string of the molecule is CNC/C(N)=C(/C(=N)C#N)c1cnc(N)c(O[C@H](C)c2cc(F)ccc2C(=O)O)n1. The Bertz CT molecular complexity index is 1060. The number of hydrogen-bond acceptors (Lipinski definition) is 9. The summed E-state index contributed by atoms with van der Waals surface area (Å²) in [7, 11) is 1.64. The van der Waals surface area contributed by atoms with E-state index in [2.05, 4.69) is 15.3 Å². The molecule has 1 heterocycles. The van der Waals surface area contributed by atoms with Crippen molar-refractivity contribution in [1.29, 1.82) is 10.7 Å². The summed E-state index contributed by atoms with van der Waals surface area (Å²) >= 11 is 0. The summed E-state index contributed by atoms with van der Waals surface area (Å²) in [5.74, 6) is -2.18. The van der Waals surface area contributed by atoms with E-state index in [-0.39, 0.29) is 46.3 Å². The van der Waals surface area contributed by atoms with E-state index in [1.54, 1.807) is 13.1 Å². The zero-order valence-corrected chi connectivity index (χ0v) is 16.2. The van der Waals surface area contributed by atoms with Crippen LogP contribution < -0.4 is 21.5 Å². The van der Waals surface area contributed by atoms with E-state index in [9.17, 15) is 14.3 Å². The van der Waals surface area contributed by atoms with Gasteiger partial charge in [0, 0.05) is 17.8 Å². The first kappa shape index (κ1) is 22.3. The molecule has 0 saturated carbocycles. The molecule has 156 valence electrons. The van der Waals surface area contributed by atoms with E-state index in [0.717, 1.165) is 18.2 Å². The zero-order valence-electron chi connectivity index (χ0n) is 16.2. The summed E-state index contributed by atoms with van der Waals surface area (Å²) in [4.78, 5) is 19.6. The van der Waals surface area contributed by atoms with Gasteiger partial charge in [-0.15, -0.1) is 0 Å². The maximum absolute atomic E-state index is 13.7. The van der Waals surface area contributed by atoms with Crippen molar-refractivity contribution in [3.05, 3.63) is 52.7 Å². The number of nitrogen functional groups attached to an aromatic ring is 1. The second-order valence-corrected chi connectivity index (χ2v) is 6.16. The summed E-state index contributed by atoms with van der Waals surface area (Å²) in [6.45, 7) is 1.68. The number of likely N-dealkylation sites (N-methyl/N-ethyl adjacent to an activating group) is 1. The quantitative estimate of drug-likeness (QED) is 0.400. The summed E-state index contributed by atoms with van der Waals surface area (Å²) in [6, 6.07) is 4.91. The van der Waals surface area contributed by atoms with Crippen LogP contribution in [0.1, 0.15) is 34.6 Å². The molecule has 11 heteroatoms. The maximum atomic E-state index is 13.7. The fourth-order valence-electron chi connectivity index (χ4n) is 2.67. The molecule has 0 radical (unpaired) electrons. The van der Waals surface area contributed by atoms with Gasteiger partial charge in [0.2, 0.25) is 0 Å². The summed E-state index contributed by atoms with van der Waals surface area (Å²) in [5.41, 5.74) is 11.6. The molecular weight excluding hydrogens is 393 g/mol. The Morgan fingerprint density at radius 1 is 1.50 bits per heavy atom. The van der Waals surface area contributed by atoms with E-state index in [1.807, 2.05) is 0 Å². The molecule has 1 aromatic carbocycles. The Hall–Kier alpha value is -4.04. The highest BCUT2D eigenvalue weighted by atomic mass is 19.1. The smallest absolute Gasteiger partial charge is 0.336 e. The summed E-state index contributed by atoms with van der Waals surface area (Å²) in [6.07, 6.45) is 0.290. The van der Waals surface area contributed by atoms with Gasteiger partial charge in [-0.25, -0.2) is 19.2 Å². The first-order chi connectivity index (χ1) is 14.2. The molecule has 0 aliphatic carbocycles. The molecule has 7 N–H and O–H groups in total. The number of benzene rings is 1. The number of carboxylic acid groups (broad SMARTS) is 1. The number of halogens is 1. The van der Waals surface area contributed by atoms with Crippen molar-refractivity contribution >= 4 is 23.1 Å². The number of anilines is 1. The number of nitrogens with one attached hydrogen (secondary N) is 2. The number of aromatic nitrogens is 2. The second kappa shape index (κ2) is 9.44. The van der Waals surface area contributed by atoms with Gasteiger partial charge in [0.1, 0.15) is 23.7 Å². The highest BCUT2D eigenvalue weighted by molar-refractivity contribution is 6.30. The number of carboxylic acids is 1. The number of rotatable bonds is 8. The van der Waals surface area contributed by atoms with E-state index in [1.165, 1.54) is 13.1 Å². The molecular formula is C19H20FN7O3. The molecule has 0 aliphatic heterocycles. The zero-order chi connectivity index (χ0) is 22.4. The van der Waals surface area contributed by atoms with Gasteiger partial charge in [0.15, 0.2) is 5.82 Å². The predicted molar refractivity (Wildman–Crippen MR) is 107 cm³/mol. The van der Waals surface area contributed by atoms with Crippen LogP contribution in [0.4, 0.5) is 10.2 Å². The van der Waals surface area contributed by atoms with Crippen LogP contribution in [-0.2, 0) is 0 Å². The topological polar surface area (TPSA) is 184 Å². The lowest BCUT2D eigenvalue weighted by Crippen LogP contribution is -2.21. The van der Waals surface area contributed by atoms with Crippen molar-refractivity contribution in [3.63, 3.8) is 0 Å². The van der Waals surface area contributed by atoms with Crippen LogP contribution in [0.5, 0.6) is 5.88 Å². The summed E-state index contributed by atoms with van der Waals surface area (Å²) in [5, 5.41) is 29.1. The highest BCUT2D eigenvalue weighted by Gasteiger charge is 2.21. The molecule has 2 aromatic rings. The molecule has 2 rings (SSSR count). The van der Waals surface area contributed by atoms with Crippen LogP contribution in [0.3, 0.4) is 0 Å². The standard InChI is InChI=1S/C19H20FN7O3/c1-9(12-5-10(20)3-4-11(12)19(28)29)30-18-17(24)26-8-15(27-18)16(13(22)6-21)14(23)7-25-2/h3-5,8-9,22,25H,7,23H2,1-2H3,(H2,24,26)(H,28,29)/b16-14+,22-13?/t9-/m1/s1. The molecule has 0 saturated heterocycles. The Kier molecular flexibility index (Phi) is 7.00. The van der Waals surface area contributed by atoms with Crippen molar-refractivity contribution in [2.45, 2.75) is 13.0 Å². The normalized spacial score (nSPS) is 12.5. The Morgan fingerprint density at radius 3 is 2.80 bits per heavy atom. The minimum absolute atomic E-state index is 0.0498. The van der Waals surface area contributed by atoms with Gasteiger partial charge in [-0.2, -0.15) is 5.26 Å². The molecule has 0 unspecified atom stereocenters. The second-order valence-electron chi connectivity index (χ2n) is 6.16. The Balaban J connectivity index is 2.49. The van der Waals surface area contributed by atoms with E-state index in [4.69, 9.17) is 26.9 Å². The molecule has 0 spiro atoms. The lowest BCUT2D eigenvalue weighted by atomic mass is 10.0. The third-order valence-electron chi connectivity index (χ3n) is 4.04. The van der Waals surface area contributed by atoms with Crippen LogP contribution >= 0.6 is 0 Å². The largest absolute Gasteiger partial charge is 0.478 e. The molecule has 0 bridgehead atoms. The molecule has 0 aliphatic rings. The third kappa shape index (κ3) is 4.86. The van der Waals surface area contributed by atoms with Gasteiger partial charge >= 0.3 is 5.97 Å². The van der Waals surface area contributed by atoms with Crippen molar-refractivity contribution in [3.8, 4) is 11.9 Å². The highest BCUT2D eigenvalue weighted by Crippen LogP contribution is 2.28. The average Bonchev–Trinajstić information content (AvgIpc) is 2.70. The maximum Gasteiger partial charge on any atom is 0.336 e. The van der Waals surface area contributed by atoms with Gasteiger partial charge < -0.3 is 26.6 Å². The summed E-state index contributed by atoms with van der Waals surface area (Å²) < 4.78 is 19.3. The predicted octanol–water partition coefficient (Wildman–Crippen LogP) is 1.47. The minimum atomic E-state index is -1.25. The number of nitriles is 1. The van der Waals surface area contributed by atoms with E-state index < -0.39 is 23.6 Å². The lowest BCUT2D eigenvalue weighted by molar-refractivity contribution is 0.0691. The van der Waals surface area contributed by atoms with Gasteiger partial charge in [-0.1, -0.05) is 0 Å². The van der Waals surface area contributed by atoms with Gasteiger partial charge in [-0.3, -0.25) is 5.41 Å². The number of aromatic carboxylic acids is 1. The molecule has 0 amide bonds. The van der Waals surface area contributed by atoms with E-state index >= 15 is 0 Å². The van der Waals surface area contributed by atoms with Crippen LogP contribution in [0.25, 0.3) is 5.57 Å². The third-order valence-corrected chi connectivity index (χ3v) is 4.04. The van der Waals surface area contributed by atoms with Crippen LogP contribution in [0.2, 0.25) is 0 Å². The number of ether oxygens (including phenoxy) is 1. The van der Waals surface area contributed by atoms with Gasteiger partial charge in [0.05, 0.1) is 23.0 Å².